The van der Waals surface area contributed by atoms with E-state index in [-0.39, 0.29) is 23.1 Å². The van der Waals surface area contributed by atoms with Gasteiger partial charge >= 0.3 is 0 Å². The molecule has 8 nitrogen and oxygen atoms in total. The number of carbonyl (C=O) groups excluding carboxylic acids is 2. The lowest BCUT2D eigenvalue weighted by molar-refractivity contribution is -0.122. The van der Waals surface area contributed by atoms with Crippen LogP contribution in [-0.2, 0) is 17.9 Å². The Morgan fingerprint density at radius 2 is 1.76 bits per heavy atom. The fourth-order valence-corrected chi connectivity index (χ4v) is 3.26. The lowest BCUT2D eigenvalue weighted by Gasteiger charge is -2.34. The largest absolute Gasteiger partial charge is 0.351 e. The van der Waals surface area contributed by atoms with Crippen LogP contribution >= 0.6 is 0 Å². The lowest BCUT2D eigenvalue weighted by atomic mass is 10.2. The molecule has 8 heteroatoms. The van der Waals surface area contributed by atoms with Gasteiger partial charge in [0.1, 0.15) is 5.69 Å². The van der Waals surface area contributed by atoms with E-state index in [4.69, 9.17) is 0 Å². The maximum absolute atomic E-state index is 12.7. The van der Waals surface area contributed by atoms with Crippen molar-refractivity contribution in [1.29, 1.82) is 0 Å². The molecule has 154 valence electrons. The molecule has 1 aliphatic rings. The topological polar surface area (TPSA) is 87.5 Å². The summed E-state index contributed by atoms with van der Waals surface area (Å²) < 4.78 is 1.33. The van der Waals surface area contributed by atoms with Crippen LogP contribution in [0.15, 0.2) is 47.3 Å². The normalized spacial score (nSPS) is 14.6. The summed E-state index contributed by atoms with van der Waals surface area (Å²) in [7, 11) is 0. The Balaban J connectivity index is 1.47. The average molecular weight is 397 g/mol. The Hall–Kier alpha value is -3.00. The summed E-state index contributed by atoms with van der Waals surface area (Å²) in [4.78, 5) is 40.4. The summed E-state index contributed by atoms with van der Waals surface area (Å²) in [6.07, 6.45) is 0.773. The van der Waals surface area contributed by atoms with E-state index in [2.05, 4.69) is 10.4 Å². The van der Waals surface area contributed by atoms with Crippen LogP contribution in [0, 0.1) is 0 Å². The number of hydrogen-bond acceptors (Lipinski definition) is 5. The van der Waals surface area contributed by atoms with Gasteiger partial charge in [-0.2, -0.15) is 5.10 Å². The molecule has 1 saturated heterocycles. The Bertz CT molecular complexity index is 889. The average Bonchev–Trinajstić information content (AvgIpc) is 2.75. The molecule has 0 saturated carbocycles. The van der Waals surface area contributed by atoms with Gasteiger partial charge in [0.25, 0.3) is 11.5 Å². The molecule has 0 bridgehead atoms. The van der Waals surface area contributed by atoms with Crippen molar-refractivity contribution >= 4 is 11.8 Å². The summed E-state index contributed by atoms with van der Waals surface area (Å²) in [6, 6.07) is 12.7. The molecule has 29 heavy (non-hydrogen) atoms. The van der Waals surface area contributed by atoms with Gasteiger partial charge in [-0.3, -0.25) is 19.3 Å². The van der Waals surface area contributed by atoms with Gasteiger partial charge in [0.2, 0.25) is 5.91 Å². The van der Waals surface area contributed by atoms with Crippen molar-refractivity contribution < 1.29 is 9.59 Å². The van der Waals surface area contributed by atoms with Crippen LogP contribution in [0.4, 0.5) is 0 Å². The number of hydrogen-bond donors (Lipinski definition) is 1. The van der Waals surface area contributed by atoms with Gasteiger partial charge < -0.3 is 10.2 Å². The zero-order valence-electron chi connectivity index (χ0n) is 16.7. The molecular weight excluding hydrogens is 370 g/mol. The quantitative estimate of drug-likeness (QED) is 0.744. The van der Waals surface area contributed by atoms with Crippen LogP contribution in [0.1, 0.15) is 29.4 Å². The first-order valence-electron chi connectivity index (χ1n) is 9.97. The van der Waals surface area contributed by atoms with Crippen molar-refractivity contribution in [1.82, 2.24) is 24.9 Å². The summed E-state index contributed by atoms with van der Waals surface area (Å²) in [5, 5.41) is 7.12. The minimum absolute atomic E-state index is 0.0260. The molecule has 0 aliphatic carbocycles. The van der Waals surface area contributed by atoms with E-state index in [1.807, 2.05) is 42.2 Å². The molecule has 2 aromatic rings. The van der Waals surface area contributed by atoms with Gasteiger partial charge in [-0.1, -0.05) is 37.3 Å². The maximum atomic E-state index is 12.7. The molecule has 2 heterocycles. The van der Waals surface area contributed by atoms with Crippen molar-refractivity contribution in [2.45, 2.75) is 26.4 Å². The van der Waals surface area contributed by atoms with E-state index in [0.717, 1.165) is 12.0 Å². The van der Waals surface area contributed by atoms with Gasteiger partial charge in [-0.15, -0.1) is 0 Å². The predicted molar refractivity (Wildman–Crippen MR) is 109 cm³/mol. The van der Waals surface area contributed by atoms with Crippen molar-refractivity contribution in [2.24, 2.45) is 0 Å². The van der Waals surface area contributed by atoms with Crippen LogP contribution < -0.4 is 10.9 Å². The minimum atomic E-state index is -0.199. The Kier molecular flexibility index (Phi) is 7.13. The number of piperazine rings is 1. The first-order valence-corrected chi connectivity index (χ1v) is 9.97. The SMILES string of the molecule is CCCn1nc(C(=O)N2CCN(CC(=O)NCc3ccccc3)CC2)ccc1=O. The molecule has 0 spiro atoms. The van der Waals surface area contributed by atoms with Gasteiger partial charge in [0.15, 0.2) is 0 Å². The number of benzene rings is 1. The summed E-state index contributed by atoms with van der Waals surface area (Å²) in [6.45, 7) is 5.58. The zero-order chi connectivity index (χ0) is 20.6. The third-order valence-electron chi connectivity index (χ3n) is 4.88. The van der Waals surface area contributed by atoms with E-state index in [1.54, 1.807) is 4.90 Å². The van der Waals surface area contributed by atoms with E-state index >= 15 is 0 Å². The van der Waals surface area contributed by atoms with Gasteiger partial charge in [0.05, 0.1) is 6.54 Å². The van der Waals surface area contributed by atoms with Gasteiger partial charge in [-0.25, -0.2) is 4.68 Å². The second kappa shape index (κ2) is 9.97. The van der Waals surface area contributed by atoms with Crippen molar-refractivity contribution in [3.8, 4) is 0 Å². The number of nitrogens with one attached hydrogen (secondary N) is 1. The standard InChI is InChI=1S/C21H27N5O3/c1-2-10-26-20(28)9-8-18(23-26)21(29)25-13-11-24(12-14-25)16-19(27)22-15-17-6-4-3-5-7-17/h3-9H,2,10-16H2,1H3,(H,22,27). The summed E-state index contributed by atoms with van der Waals surface area (Å²) in [5.41, 5.74) is 1.15. The third kappa shape index (κ3) is 5.74. The Labute approximate surface area is 170 Å². The first-order chi connectivity index (χ1) is 14.1. The molecule has 1 N–H and O–H groups in total. The smallest absolute Gasteiger partial charge is 0.274 e. The molecule has 2 amide bonds. The maximum Gasteiger partial charge on any atom is 0.274 e. The van der Waals surface area contributed by atoms with Crippen molar-refractivity contribution in [3.63, 3.8) is 0 Å². The lowest BCUT2D eigenvalue weighted by Crippen LogP contribution is -2.51. The molecule has 0 unspecified atom stereocenters. The van der Waals surface area contributed by atoms with Crippen LogP contribution in [-0.4, -0.2) is 64.1 Å². The highest BCUT2D eigenvalue weighted by Gasteiger charge is 2.24. The van der Waals surface area contributed by atoms with Crippen LogP contribution in [0.2, 0.25) is 0 Å². The van der Waals surface area contributed by atoms with Gasteiger partial charge in [0, 0.05) is 45.3 Å². The first kappa shape index (κ1) is 20.7. The molecule has 0 radical (unpaired) electrons. The van der Waals surface area contributed by atoms with E-state index in [0.29, 0.717) is 45.8 Å². The number of nitrogens with zero attached hydrogens (tertiary/aromatic N) is 4. The van der Waals surface area contributed by atoms with Crippen LogP contribution in [0.3, 0.4) is 0 Å². The highest BCUT2D eigenvalue weighted by Crippen LogP contribution is 2.06. The Morgan fingerprint density at radius 1 is 1.03 bits per heavy atom. The van der Waals surface area contributed by atoms with Crippen LogP contribution in [0.25, 0.3) is 0 Å². The highest BCUT2D eigenvalue weighted by molar-refractivity contribution is 5.92. The Morgan fingerprint density at radius 3 is 2.45 bits per heavy atom. The molecule has 1 aromatic carbocycles. The molecular formula is C21H27N5O3. The molecule has 0 atom stereocenters. The number of rotatable bonds is 7. The monoisotopic (exact) mass is 397 g/mol. The zero-order valence-corrected chi connectivity index (χ0v) is 16.7. The second-order valence-corrected chi connectivity index (χ2v) is 7.11. The molecule has 1 aromatic heterocycles. The fraction of sp³-hybridized carbons (Fsp3) is 0.429. The van der Waals surface area contributed by atoms with E-state index in [1.165, 1.54) is 16.8 Å². The van der Waals surface area contributed by atoms with Gasteiger partial charge in [-0.05, 0) is 18.1 Å². The minimum Gasteiger partial charge on any atom is -0.351 e. The number of aryl methyl sites for hydroxylation is 1. The second-order valence-electron chi connectivity index (χ2n) is 7.11. The van der Waals surface area contributed by atoms with Crippen molar-refractivity contribution in [3.05, 3.63) is 64.1 Å². The molecule has 1 fully saturated rings. The highest BCUT2D eigenvalue weighted by atomic mass is 16.2. The molecule has 3 rings (SSSR count). The number of aromatic nitrogens is 2. The van der Waals surface area contributed by atoms with Crippen LogP contribution in [0.5, 0.6) is 0 Å². The van der Waals surface area contributed by atoms with E-state index in [9.17, 15) is 14.4 Å². The number of amides is 2. The van der Waals surface area contributed by atoms with Crippen molar-refractivity contribution in [2.75, 3.05) is 32.7 Å². The summed E-state index contributed by atoms with van der Waals surface area (Å²) in [5.74, 6) is -0.204. The number of carbonyl (C=O) groups is 2. The predicted octanol–water partition coefficient (Wildman–Crippen LogP) is 0.728. The summed E-state index contributed by atoms with van der Waals surface area (Å²) >= 11 is 0. The fourth-order valence-electron chi connectivity index (χ4n) is 3.26. The molecule has 1 aliphatic heterocycles. The van der Waals surface area contributed by atoms with E-state index < -0.39 is 0 Å². The third-order valence-corrected chi connectivity index (χ3v) is 4.88.